The molecule has 0 radical (unpaired) electrons. The predicted molar refractivity (Wildman–Crippen MR) is 108 cm³/mol. The molecule has 0 saturated carbocycles. The fraction of sp³-hybridized carbons (Fsp3) is 0.455. The third kappa shape index (κ3) is 3.74. The lowest BCUT2D eigenvalue weighted by Crippen LogP contribution is -2.30. The lowest BCUT2D eigenvalue weighted by Gasteiger charge is -2.19. The Morgan fingerprint density at radius 1 is 1.08 bits per heavy atom. The van der Waals surface area contributed by atoms with E-state index in [2.05, 4.69) is 12.2 Å². The van der Waals surface area contributed by atoms with Crippen LogP contribution in [0.1, 0.15) is 63.8 Å². The number of carbonyl (C=O) groups is 1. The maximum absolute atomic E-state index is 13.1. The van der Waals surface area contributed by atoms with E-state index in [1.165, 1.54) is 0 Å². The topological polar surface area (TPSA) is 51.1 Å². The average Bonchev–Trinajstić information content (AvgIpc) is 2.57. The van der Waals surface area contributed by atoms with Gasteiger partial charge >= 0.3 is 0 Å². The van der Waals surface area contributed by atoms with Crippen molar-refractivity contribution in [1.29, 1.82) is 0 Å². The number of carbonyl (C=O) groups excluding carboxylic acids is 1. The van der Waals surface area contributed by atoms with Crippen molar-refractivity contribution in [3.63, 3.8) is 0 Å². The minimum Gasteiger partial charge on any atom is -0.351 e. The molecule has 1 aromatic heterocycles. The summed E-state index contributed by atoms with van der Waals surface area (Å²) in [4.78, 5) is 26.0. The Morgan fingerprint density at radius 2 is 1.65 bits per heavy atom. The number of pyridine rings is 1. The molecule has 0 aliphatic rings. The molecule has 0 aliphatic carbocycles. The van der Waals surface area contributed by atoms with Crippen LogP contribution in [0.25, 0.3) is 0 Å². The van der Waals surface area contributed by atoms with Crippen molar-refractivity contribution in [2.24, 2.45) is 7.05 Å². The molecule has 1 aromatic carbocycles. The second-order valence-electron chi connectivity index (χ2n) is 7.25. The number of benzene rings is 1. The Bertz CT molecular complexity index is 884. The largest absolute Gasteiger partial charge is 0.351 e. The molecular formula is C22H30N2O2. The minimum absolute atomic E-state index is 0.161. The molecule has 1 heterocycles. The highest BCUT2D eigenvalue weighted by Crippen LogP contribution is 2.23. The summed E-state index contributed by atoms with van der Waals surface area (Å²) in [5, 5.41) is 3.00. The third-order valence-electron chi connectivity index (χ3n) is 5.22. The van der Waals surface area contributed by atoms with Gasteiger partial charge in [-0.1, -0.05) is 31.0 Å². The second kappa shape index (κ2) is 7.90. The summed E-state index contributed by atoms with van der Waals surface area (Å²) in [5.41, 5.74) is 6.45. The van der Waals surface area contributed by atoms with Crippen LogP contribution in [0.2, 0.25) is 0 Å². The average molecular weight is 354 g/mol. The summed E-state index contributed by atoms with van der Waals surface area (Å²) >= 11 is 0. The van der Waals surface area contributed by atoms with Gasteiger partial charge in [-0.15, -0.1) is 0 Å². The van der Waals surface area contributed by atoms with Gasteiger partial charge in [-0.3, -0.25) is 9.59 Å². The van der Waals surface area contributed by atoms with Crippen LogP contribution >= 0.6 is 0 Å². The Balaban J connectivity index is 2.57. The molecule has 1 N–H and O–H groups in total. The first-order chi connectivity index (χ1) is 12.2. The van der Waals surface area contributed by atoms with Crippen molar-refractivity contribution < 1.29 is 4.79 Å². The van der Waals surface area contributed by atoms with Crippen LogP contribution in [0.4, 0.5) is 5.69 Å². The van der Waals surface area contributed by atoms with E-state index in [4.69, 9.17) is 0 Å². The highest BCUT2D eigenvalue weighted by atomic mass is 16.2. The van der Waals surface area contributed by atoms with Crippen LogP contribution < -0.4 is 10.7 Å². The SMILES string of the molecule is CCCCc1c(C(=O)Nc2c(C)cc(C)cc2C)c(=O)c(C)c(C)n1C. The Morgan fingerprint density at radius 3 is 2.19 bits per heavy atom. The van der Waals surface area contributed by atoms with Crippen molar-refractivity contribution in [1.82, 2.24) is 4.57 Å². The van der Waals surface area contributed by atoms with E-state index in [-0.39, 0.29) is 16.9 Å². The normalized spacial score (nSPS) is 10.9. The van der Waals surface area contributed by atoms with Crippen molar-refractivity contribution in [2.75, 3.05) is 5.32 Å². The van der Waals surface area contributed by atoms with E-state index in [1.54, 1.807) is 6.92 Å². The molecule has 140 valence electrons. The van der Waals surface area contributed by atoms with Gasteiger partial charge in [0.05, 0.1) is 0 Å². The second-order valence-corrected chi connectivity index (χ2v) is 7.25. The Kier molecular flexibility index (Phi) is 6.06. The number of aromatic nitrogens is 1. The molecule has 0 bridgehead atoms. The molecule has 0 atom stereocenters. The summed E-state index contributed by atoms with van der Waals surface area (Å²) in [6.07, 6.45) is 2.68. The van der Waals surface area contributed by atoms with Crippen molar-refractivity contribution in [3.05, 3.63) is 61.6 Å². The zero-order valence-corrected chi connectivity index (χ0v) is 17.0. The molecule has 0 spiro atoms. The molecule has 2 aromatic rings. The van der Waals surface area contributed by atoms with Crippen LogP contribution in [0.15, 0.2) is 16.9 Å². The van der Waals surface area contributed by atoms with E-state index in [0.29, 0.717) is 5.56 Å². The fourth-order valence-electron chi connectivity index (χ4n) is 3.53. The number of nitrogens with zero attached hydrogens (tertiary/aromatic N) is 1. The van der Waals surface area contributed by atoms with Crippen LogP contribution in [0.5, 0.6) is 0 Å². The Hall–Kier alpha value is -2.36. The molecule has 4 nitrogen and oxygen atoms in total. The number of nitrogens with one attached hydrogen (secondary N) is 1. The number of aryl methyl sites for hydroxylation is 3. The van der Waals surface area contributed by atoms with Gasteiger partial charge in [-0.2, -0.15) is 0 Å². The third-order valence-corrected chi connectivity index (χ3v) is 5.22. The molecule has 2 rings (SSSR count). The predicted octanol–water partition coefficient (Wildman–Crippen LogP) is 4.52. The standard InChI is InChI=1S/C22H30N2O2/c1-8-9-10-18-19(21(25)16(5)17(6)24(18)7)22(26)23-20-14(3)11-13(2)12-15(20)4/h11-12H,8-10H2,1-7H3,(H,23,26). The van der Waals surface area contributed by atoms with Gasteiger partial charge in [-0.25, -0.2) is 0 Å². The molecular weight excluding hydrogens is 324 g/mol. The zero-order chi connectivity index (χ0) is 19.6. The van der Waals surface area contributed by atoms with Gasteiger partial charge < -0.3 is 9.88 Å². The molecule has 26 heavy (non-hydrogen) atoms. The Labute approximate surface area is 156 Å². The van der Waals surface area contributed by atoms with Crippen molar-refractivity contribution in [2.45, 2.75) is 60.8 Å². The lowest BCUT2D eigenvalue weighted by atomic mass is 10.0. The fourth-order valence-corrected chi connectivity index (χ4v) is 3.53. The van der Waals surface area contributed by atoms with Gasteiger partial charge in [-0.05, 0) is 58.6 Å². The van der Waals surface area contributed by atoms with Crippen LogP contribution in [0.3, 0.4) is 0 Å². The number of hydrogen-bond acceptors (Lipinski definition) is 2. The number of hydrogen-bond donors (Lipinski definition) is 1. The first-order valence-electron chi connectivity index (χ1n) is 9.27. The monoisotopic (exact) mass is 354 g/mol. The quantitative estimate of drug-likeness (QED) is 0.858. The van der Waals surface area contributed by atoms with Crippen molar-refractivity contribution >= 4 is 11.6 Å². The van der Waals surface area contributed by atoms with Gasteiger partial charge in [0.25, 0.3) is 5.91 Å². The summed E-state index contributed by atoms with van der Waals surface area (Å²) in [5.74, 6) is -0.310. The first kappa shape index (κ1) is 20.0. The zero-order valence-electron chi connectivity index (χ0n) is 17.0. The van der Waals surface area contributed by atoms with E-state index >= 15 is 0 Å². The molecule has 0 saturated heterocycles. The minimum atomic E-state index is -0.310. The van der Waals surface area contributed by atoms with Crippen molar-refractivity contribution in [3.8, 4) is 0 Å². The van der Waals surface area contributed by atoms with Gasteiger partial charge in [0.1, 0.15) is 5.56 Å². The summed E-state index contributed by atoms with van der Waals surface area (Å²) in [6, 6.07) is 4.08. The van der Waals surface area contributed by atoms with E-state index in [9.17, 15) is 9.59 Å². The molecule has 0 fully saturated rings. The summed E-state index contributed by atoms with van der Waals surface area (Å²) in [7, 11) is 1.94. The number of unbranched alkanes of at least 4 members (excludes halogenated alkanes) is 1. The highest BCUT2D eigenvalue weighted by molar-refractivity contribution is 6.06. The van der Waals surface area contributed by atoms with E-state index < -0.39 is 0 Å². The van der Waals surface area contributed by atoms with Gasteiger partial charge in [0, 0.05) is 29.7 Å². The van der Waals surface area contributed by atoms with Crippen LogP contribution in [-0.2, 0) is 13.5 Å². The van der Waals surface area contributed by atoms with Gasteiger partial charge in [0.15, 0.2) is 5.43 Å². The maximum atomic E-state index is 13.1. The van der Waals surface area contributed by atoms with Crippen LogP contribution in [0, 0.1) is 34.6 Å². The number of rotatable bonds is 5. The number of anilines is 1. The van der Waals surface area contributed by atoms with Gasteiger partial charge in [0.2, 0.25) is 0 Å². The highest BCUT2D eigenvalue weighted by Gasteiger charge is 2.22. The van der Waals surface area contributed by atoms with Crippen LogP contribution in [-0.4, -0.2) is 10.5 Å². The summed E-state index contributed by atoms with van der Waals surface area (Å²) in [6.45, 7) is 11.8. The molecule has 4 heteroatoms. The molecule has 0 aliphatic heterocycles. The maximum Gasteiger partial charge on any atom is 0.261 e. The molecule has 0 unspecified atom stereocenters. The smallest absolute Gasteiger partial charge is 0.261 e. The number of amides is 1. The van der Waals surface area contributed by atoms with E-state index in [1.807, 2.05) is 51.4 Å². The lowest BCUT2D eigenvalue weighted by molar-refractivity contribution is 0.102. The molecule has 1 amide bonds. The van der Waals surface area contributed by atoms with E-state index in [0.717, 1.165) is 53.0 Å². The summed E-state index contributed by atoms with van der Waals surface area (Å²) < 4.78 is 2.00. The first-order valence-corrected chi connectivity index (χ1v) is 9.27.